The fraction of sp³-hybridized carbons (Fsp3) is 0.0909. The molecule has 1 aromatic rings. The van der Waals surface area contributed by atoms with Gasteiger partial charge < -0.3 is 4.42 Å². The van der Waals surface area contributed by atoms with Crippen LogP contribution in [0.25, 0.3) is 6.08 Å². The second kappa shape index (κ2) is 4.69. The quantitative estimate of drug-likeness (QED) is 0.524. The molecule has 1 heterocycles. The summed E-state index contributed by atoms with van der Waals surface area (Å²) < 4.78 is 5.08. The Hall–Kier alpha value is -2.26. The zero-order valence-corrected chi connectivity index (χ0v) is 7.69. The molecule has 0 amide bonds. The Bertz CT molecular complexity index is 423. The molecule has 1 aromatic heterocycles. The van der Waals surface area contributed by atoms with Crippen molar-refractivity contribution in [2.24, 2.45) is 0 Å². The first-order valence-electron chi connectivity index (χ1n) is 4.00. The van der Waals surface area contributed by atoms with Gasteiger partial charge in [-0.05, 0) is 36.8 Å². The summed E-state index contributed by atoms with van der Waals surface area (Å²) in [6.07, 6.45) is 4.84. The van der Waals surface area contributed by atoms with Gasteiger partial charge in [-0.25, -0.2) is 0 Å². The molecule has 0 atom stereocenters. The number of nitrogens with zero attached hydrogens (tertiary/aromatic N) is 2. The fourth-order valence-electron chi connectivity index (χ4n) is 0.957. The molecular formula is C11H8N2O. The van der Waals surface area contributed by atoms with Crippen LogP contribution in [0.1, 0.15) is 12.7 Å². The molecule has 0 aliphatic carbocycles. The molecule has 68 valence electrons. The molecule has 0 aliphatic rings. The van der Waals surface area contributed by atoms with E-state index in [9.17, 15) is 0 Å². The summed E-state index contributed by atoms with van der Waals surface area (Å²) in [5, 5.41) is 17.0. The van der Waals surface area contributed by atoms with Gasteiger partial charge in [0.1, 0.15) is 23.5 Å². The van der Waals surface area contributed by atoms with E-state index >= 15 is 0 Å². The number of nitriles is 2. The van der Waals surface area contributed by atoms with Crippen molar-refractivity contribution in [3.63, 3.8) is 0 Å². The largest absolute Gasteiger partial charge is 0.465 e. The predicted molar refractivity (Wildman–Crippen MR) is 51.7 cm³/mol. The van der Waals surface area contributed by atoms with Gasteiger partial charge in [-0.1, -0.05) is 0 Å². The summed E-state index contributed by atoms with van der Waals surface area (Å²) in [5.74, 6) is 0.703. The Kier molecular flexibility index (Phi) is 3.29. The van der Waals surface area contributed by atoms with Crippen molar-refractivity contribution < 1.29 is 4.42 Å². The first kappa shape index (κ1) is 9.83. The monoisotopic (exact) mass is 184 g/mol. The lowest BCUT2D eigenvalue weighted by Crippen LogP contribution is -1.75. The maximum atomic E-state index is 8.51. The number of hydrogen-bond donors (Lipinski definition) is 0. The van der Waals surface area contributed by atoms with Crippen LogP contribution >= 0.6 is 0 Å². The Balaban J connectivity index is 2.88. The minimum absolute atomic E-state index is 0.0882. The summed E-state index contributed by atoms with van der Waals surface area (Å²) in [6, 6.07) is 7.16. The standard InChI is InChI=1S/C11H8N2O/c1-9(5-10(7-12)8-13)6-11-3-2-4-14-11/h2-6H,1H3/b9-6+. The van der Waals surface area contributed by atoms with E-state index in [2.05, 4.69) is 0 Å². The average molecular weight is 184 g/mol. The lowest BCUT2D eigenvalue weighted by Gasteiger charge is -1.89. The number of hydrogen-bond acceptors (Lipinski definition) is 3. The van der Waals surface area contributed by atoms with Gasteiger partial charge in [-0.15, -0.1) is 0 Å². The maximum absolute atomic E-state index is 8.51. The fourth-order valence-corrected chi connectivity index (χ4v) is 0.957. The normalized spacial score (nSPS) is 10.1. The van der Waals surface area contributed by atoms with Crippen molar-refractivity contribution in [3.05, 3.63) is 41.4 Å². The molecule has 1 rings (SSSR count). The van der Waals surface area contributed by atoms with Crippen LogP contribution in [0.15, 0.2) is 40.0 Å². The third-order valence-electron chi connectivity index (χ3n) is 1.53. The molecule has 3 nitrogen and oxygen atoms in total. The van der Waals surface area contributed by atoms with Gasteiger partial charge in [0.25, 0.3) is 0 Å². The highest BCUT2D eigenvalue weighted by Gasteiger charge is 1.94. The van der Waals surface area contributed by atoms with E-state index in [4.69, 9.17) is 14.9 Å². The van der Waals surface area contributed by atoms with Crippen molar-refractivity contribution in [1.82, 2.24) is 0 Å². The smallest absolute Gasteiger partial charge is 0.129 e. The molecule has 3 heteroatoms. The Labute approximate surface area is 82.2 Å². The highest BCUT2D eigenvalue weighted by Crippen LogP contribution is 2.09. The van der Waals surface area contributed by atoms with E-state index < -0.39 is 0 Å². The molecule has 0 N–H and O–H groups in total. The Morgan fingerprint density at radius 2 is 2.14 bits per heavy atom. The second-order valence-corrected chi connectivity index (χ2v) is 2.69. The van der Waals surface area contributed by atoms with Crippen molar-refractivity contribution in [1.29, 1.82) is 10.5 Å². The molecule has 0 bridgehead atoms. The third-order valence-corrected chi connectivity index (χ3v) is 1.53. The zero-order valence-electron chi connectivity index (χ0n) is 7.69. The average Bonchev–Trinajstić information content (AvgIpc) is 2.66. The molecule has 0 radical (unpaired) electrons. The van der Waals surface area contributed by atoms with Crippen molar-refractivity contribution in [3.8, 4) is 12.1 Å². The first-order chi connectivity index (χ1) is 6.76. The van der Waals surface area contributed by atoms with Gasteiger partial charge in [0.15, 0.2) is 0 Å². The summed E-state index contributed by atoms with van der Waals surface area (Å²) in [5.41, 5.74) is 0.892. The zero-order chi connectivity index (χ0) is 10.4. The minimum Gasteiger partial charge on any atom is -0.465 e. The van der Waals surface area contributed by atoms with Gasteiger partial charge in [0.2, 0.25) is 0 Å². The predicted octanol–water partition coefficient (Wildman–Crippen LogP) is 2.66. The van der Waals surface area contributed by atoms with E-state index in [0.29, 0.717) is 5.76 Å². The molecule has 0 aliphatic heterocycles. The molecule has 14 heavy (non-hydrogen) atoms. The SMILES string of the molecule is C/C(C=C(C#N)C#N)=C\c1ccco1. The van der Waals surface area contributed by atoms with Crippen LogP contribution in [-0.2, 0) is 0 Å². The lowest BCUT2D eigenvalue weighted by molar-refractivity contribution is 0.556. The van der Waals surface area contributed by atoms with Crippen LogP contribution in [0.2, 0.25) is 0 Å². The van der Waals surface area contributed by atoms with Crippen molar-refractivity contribution in [2.45, 2.75) is 6.92 Å². The maximum Gasteiger partial charge on any atom is 0.129 e. The van der Waals surface area contributed by atoms with E-state index in [1.54, 1.807) is 43.5 Å². The number of furan rings is 1. The van der Waals surface area contributed by atoms with E-state index in [1.165, 1.54) is 6.08 Å². The van der Waals surface area contributed by atoms with Crippen molar-refractivity contribution >= 4 is 6.08 Å². The summed E-state index contributed by atoms with van der Waals surface area (Å²) in [7, 11) is 0. The van der Waals surface area contributed by atoms with Crippen molar-refractivity contribution in [2.75, 3.05) is 0 Å². The first-order valence-corrected chi connectivity index (χ1v) is 4.00. The van der Waals surface area contributed by atoms with Crippen LogP contribution in [0.3, 0.4) is 0 Å². The highest BCUT2D eigenvalue weighted by atomic mass is 16.3. The molecule has 0 saturated heterocycles. The van der Waals surface area contributed by atoms with E-state index in [0.717, 1.165) is 5.57 Å². The van der Waals surface area contributed by atoms with Gasteiger partial charge >= 0.3 is 0 Å². The van der Waals surface area contributed by atoms with Gasteiger partial charge in [0, 0.05) is 0 Å². The van der Waals surface area contributed by atoms with E-state index in [1.807, 2.05) is 0 Å². The molecule has 0 fully saturated rings. The summed E-state index contributed by atoms with van der Waals surface area (Å²) in [4.78, 5) is 0. The van der Waals surface area contributed by atoms with Gasteiger partial charge in [-0.3, -0.25) is 0 Å². The summed E-state index contributed by atoms with van der Waals surface area (Å²) >= 11 is 0. The van der Waals surface area contributed by atoms with Gasteiger partial charge in [-0.2, -0.15) is 10.5 Å². The Morgan fingerprint density at radius 1 is 1.43 bits per heavy atom. The highest BCUT2D eigenvalue weighted by molar-refractivity contribution is 5.53. The van der Waals surface area contributed by atoms with Crippen LogP contribution in [0.5, 0.6) is 0 Å². The van der Waals surface area contributed by atoms with Crippen LogP contribution in [0.4, 0.5) is 0 Å². The van der Waals surface area contributed by atoms with Crippen LogP contribution < -0.4 is 0 Å². The van der Waals surface area contributed by atoms with Gasteiger partial charge in [0.05, 0.1) is 6.26 Å². The Morgan fingerprint density at radius 3 is 2.64 bits per heavy atom. The van der Waals surface area contributed by atoms with Crippen LogP contribution in [-0.4, -0.2) is 0 Å². The topological polar surface area (TPSA) is 60.7 Å². The number of allylic oxidation sites excluding steroid dienone is 3. The van der Waals surface area contributed by atoms with Crippen LogP contribution in [0, 0.1) is 22.7 Å². The molecule has 0 saturated carbocycles. The number of rotatable bonds is 2. The second-order valence-electron chi connectivity index (χ2n) is 2.69. The van der Waals surface area contributed by atoms with E-state index in [-0.39, 0.29) is 5.57 Å². The lowest BCUT2D eigenvalue weighted by atomic mass is 10.2. The molecule has 0 aromatic carbocycles. The minimum atomic E-state index is 0.0882. The molecule has 0 unspecified atom stereocenters. The summed E-state index contributed by atoms with van der Waals surface area (Å²) in [6.45, 7) is 1.80. The molecule has 0 spiro atoms. The third kappa shape index (κ3) is 2.66. The molecular weight excluding hydrogens is 176 g/mol.